The van der Waals surface area contributed by atoms with Crippen molar-refractivity contribution in [3.05, 3.63) is 45.8 Å². The average molecular weight is 416 g/mol. The van der Waals surface area contributed by atoms with Gasteiger partial charge in [0.2, 0.25) is 0 Å². The normalized spacial score (nSPS) is 10.2. The highest BCUT2D eigenvalue weighted by atomic mass is 79.9. The lowest BCUT2D eigenvalue weighted by Crippen LogP contribution is -2.12. The topological polar surface area (TPSA) is 60.2 Å². The largest absolute Gasteiger partial charge is 0.432 e. The Morgan fingerprint density at radius 1 is 1.17 bits per heavy atom. The maximum absolute atomic E-state index is 13.0. The molecule has 1 aromatic carbocycles. The summed E-state index contributed by atoms with van der Waals surface area (Å²) < 4.78 is 52.5. The van der Waals surface area contributed by atoms with Gasteiger partial charge in [0, 0.05) is 13.4 Å². The van der Waals surface area contributed by atoms with Crippen LogP contribution in [0.25, 0.3) is 11.3 Å². The van der Waals surface area contributed by atoms with Crippen molar-refractivity contribution < 1.29 is 23.0 Å². The Kier molecular flexibility index (Phi) is 7.77. The molecule has 23 heavy (non-hydrogen) atoms. The standard InChI is InChI=1S/C13H7BrF4N2.CH3Cl.H2O/c1-20-11(7-2-4-8(15)5-3-7)9(6-19)10(14)12(20)13(16,17)18;1-2;/h2-5H,1H3;1H3;1H2. The minimum Gasteiger partial charge on any atom is -0.412 e. The van der Waals surface area contributed by atoms with Gasteiger partial charge in [-0.15, -0.1) is 11.6 Å². The van der Waals surface area contributed by atoms with E-state index in [1.807, 2.05) is 0 Å². The van der Waals surface area contributed by atoms with Crippen molar-refractivity contribution in [1.29, 1.82) is 5.26 Å². The molecule has 2 aromatic rings. The third-order valence-corrected chi connectivity index (χ3v) is 3.61. The Morgan fingerprint density at radius 2 is 1.65 bits per heavy atom. The number of hydrogen-bond acceptors (Lipinski definition) is 1. The van der Waals surface area contributed by atoms with Crippen molar-refractivity contribution in [2.75, 3.05) is 6.38 Å². The van der Waals surface area contributed by atoms with Crippen molar-refractivity contribution >= 4 is 27.5 Å². The predicted molar refractivity (Wildman–Crippen MR) is 83.6 cm³/mol. The molecule has 0 atom stereocenters. The summed E-state index contributed by atoms with van der Waals surface area (Å²) in [6.07, 6.45) is -3.13. The van der Waals surface area contributed by atoms with E-state index >= 15 is 0 Å². The quantitative estimate of drug-likeness (QED) is 0.499. The molecule has 0 aliphatic rings. The molecular formula is C14H12BrClF4N2O. The average Bonchev–Trinajstić information content (AvgIpc) is 2.72. The van der Waals surface area contributed by atoms with Crippen LogP contribution in [0.15, 0.2) is 28.7 Å². The van der Waals surface area contributed by atoms with E-state index in [1.165, 1.54) is 25.6 Å². The summed E-state index contributed by atoms with van der Waals surface area (Å²) in [7, 11) is 1.22. The zero-order chi connectivity index (χ0) is 17.1. The van der Waals surface area contributed by atoms with E-state index in [1.54, 1.807) is 6.07 Å². The highest BCUT2D eigenvalue weighted by Gasteiger charge is 2.39. The molecule has 0 bridgehead atoms. The molecule has 0 unspecified atom stereocenters. The molecule has 1 aromatic heterocycles. The summed E-state index contributed by atoms with van der Waals surface area (Å²) in [6.45, 7) is 0. The van der Waals surface area contributed by atoms with Gasteiger partial charge in [0.1, 0.15) is 17.6 Å². The van der Waals surface area contributed by atoms with Crippen LogP contribution >= 0.6 is 27.5 Å². The van der Waals surface area contributed by atoms with Crippen LogP contribution in [0.3, 0.4) is 0 Å². The van der Waals surface area contributed by atoms with Gasteiger partial charge in [-0.3, -0.25) is 0 Å². The van der Waals surface area contributed by atoms with E-state index in [4.69, 9.17) is 5.26 Å². The number of hydrogen-bond donors (Lipinski definition) is 0. The van der Waals surface area contributed by atoms with Gasteiger partial charge in [-0.05, 0) is 45.8 Å². The van der Waals surface area contributed by atoms with Crippen molar-refractivity contribution in [2.45, 2.75) is 6.18 Å². The molecule has 2 rings (SSSR count). The van der Waals surface area contributed by atoms with Crippen molar-refractivity contribution in [2.24, 2.45) is 7.05 Å². The Labute approximate surface area is 143 Å². The number of nitriles is 1. The third-order valence-electron chi connectivity index (χ3n) is 2.83. The minimum absolute atomic E-state index is 0. The number of halogens is 6. The van der Waals surface area contributed by atoms with Gasteiger partial charge in [0.15, 0.2) is 0 Å². The second-order valence-corrected chi connectivity index (χ2v) is 4.85. The Morgan fingerprint density at radius 3 is 2.04 bits per heavy atom. The summed E-state index contributed by atoms with van der Waals surface area (Å²) in [5.74, 6) is -0.503. The zero-order valence-electron chi connectivity index (χ0n) is 12.0. The lowest BCUT2D eigenvalue weighted by molar-refractivity contribution is -0.143. The highest BCUT2D eigenvalue weighted by Crippen LogP contribution is 2.42. The second kappa shape index (κ2) is 8.34. The first-order chi connectivity index (χ1) is 10.3. The van der Waals surface area contributed by atoms with E-state index < -0.39 is 17.7 Å². The van der Waals surface area contributed by atoms with Gasteiger partial charge < -0.3 is 10.0 Å². The molecule has 2 N–H and O–H groups in total. The van der Waals surface area contributed by atoms with Crippen LogP contribution in [0, 0.1) is 17.1 Å². The van der Waals surface area contributed by atoms with Crippen molar-refractivity contribution in [3.63, 3.8) is 0 Å². The second-order valence-electron chi connectivity index (χ2n) is 4.06. The molecule has 9 heteroatoms. The summed E-state index contributed by atoms with van der Waals surface area (Å²) in [5, 5.41) is 9.08. The van der Waals surface area contributed by atoms with Crippen LogP contribution in [0.2, 0.25) is 0 Å². The van der Waals surface area contributed by atoms with Crippen molar-refractivity contribution in [1.82, 2.24) is 4.57 Å². The first kappa shape index (κ1) is 21.4. The third kappa shape index (κ3) is 4.25. The predicted octanol–water partition coefficient (Wildman–Crippen LogP) is 4.51. The van der Waals surface area contributed by atoms with E-state index in [-0.39, 0.29) is 21.2 Å². The fourth-order valence-corrected chi connectivity index (χ4v) is 2.78. The number of aromatic nitrogens is 1. The van der Waals surface area contributed by atoms with Gasteiger partial charge in [0.05, 0.1) is 15.7 Å². The molecule has 3 nitrogen and oxygen atoms in total. The number of nitrogens with zero attached hydrogens (tertiary/aromatic N) is 2. The molecule has 0 amide bonds. The van der Waals surface area contributed by atoms with Gasteiger partial charge >= 0.3 is 6.18 Å². The lowest BCUT2D eigenvalue weighted by atomic mass is 10.1. The van der Waals surface area contributed by atoms with E-state index in [0.717, 1.165) is 16.7 Å². The fraction of sp³-hybridized carbons (Fsp3) is 0.214. The smallest absolute Gasteiger partial charge is 0.412 e. The Bertz CT molecular complexity index is 706. The molecular weight excluding hydrogens is 404 g/mol. The van der Waals surface area contributed by atoms with Crippen LogP contribution in [-0.2, 0) is 13.2 Å². The van der Waals surface area contributed by atoms with Crippen molar-refractivity contribution in [3.8, 4) is 17.3 Å². The number of rotatable bonds is 1. The molecule has 0 aliphatic carbocycles. The lowest BCUT2D eigenvalue weighted by Gasteiger charge is -2.10. The molecule has 0 radical (unpaired) electrons. The Balaban J connectivity index is 0.00000155. The summed E-state index contributed by atoms with van der Waals surface area (Å²) in [6, 6.07) is 6.67. The summed E-state index contributed by atoms with van der Waals surface area (Å²) in [5.41, 5.74) is -0.659. The molecule has 0 saturated heterocycles. The van der Waals surface area contributed by atoms with E-state index in [9.17, 15) is 17.6 Å². The monoisotopic (exact) mass is 414 g/mol. The molecule has 0 saturated carbocycles. The SMILES string of the molecule is CCl.Cn1c(-c2ccc(F)cc2)c(C#N)c(Br)c1C(F)(F)F.O. The minimum atomic E-state index is -4.60. The maximum atomic E-state index is 13.0. The molecule has 0 fully saturated rings. The fourth-order valence-electron chi connectivity index (χ4n) is 2.01. The molecule has 1 heterocycles. The van der Waals surface area contributed by atoms with E-state index in [0.29, 0.717) is 5.56 Å². The van der Waals surface area contributed by atoms with Gasteiger partial charge in [-0.1, -0.05) is 0 Å². The van der Waals surface area contributed by atoms with Crippen LogP contribution in [0.4, 0.5) is 17.6 Å². The molecule has 0 spiro atoms. The zero-order valence-corrected chi connectivity index (χ0v) is 14.3. The van der Waals surface area contributed by atoms with Gasteiger partial charge in [-0.25, -0.2) is 4.39 Å². The summed E-state index contributed by atoms with van der Waals surface area (Å²) in [4.78, 5) is 0. The summed E-state index contributed by atoms with van der Waals surface area (Å²) >= 11 is 7.46. The maximum Gasteiger partial charge on any atom is 0.432 e. The number of alkyl halides is 4. The Hall–Kier alpha value is -1.56. The van der Waals surface area contributed by atoms with Crippen LogP contribution in [0.5, 0.6) is 0 Å². The van der Waals surface area contributed by atoms with Gasteiger partial charge in [0.25, 0.3) is 0 Å². The van der Waals surface area contributed by atoms with Crippen LogP contribution < -0.4 is 0 Å². The highest BCUT2D eigenvalue weighted by molar-refractivity contribution is 9.10. The van der Waals surface area contributed by atoms with Gasteiger partial charge in [-0.2, -0.15) is 18.4 Å². The molecule has 0 aliphatic heterocycles. The van der Waals surface area contributed by atoms with Crippen LogP contribution in [0.1, 0.15) is 11.3 Å². The first-order valence-corrected chi connectivity index (χ1v) is 7.31. The van der Waals surface area contributed by atoms with E-state index in [2.05, 4.69) is 27.5 Å². The van der Waals surface area contributed by atoms with Crippen LogP contribution in [-0.4, -0.2) is 16.4 Å². The molecule has 126 valence electrons. The first-order valence-electron chi connectivity index (χ1n) is 5.76. The number of benzene rings is 1.